The van der Waals surface area contributed by atoms with Gasteiger partial charge in [0.05, 0.1) is 18.2 Å². The normalized spacial score (nSPS) is 10.1. The van der Waals surface area contributed by atoms with E-state index in [1.54, 1.807) is 48.7 Å². The van der Waals surface area contributed by atoms with E-state index in [2.05, 4.69) is 16.2 Å². The lowest BCUT2D eigenvalue weighted by atomic mass is 10.1. The fourth-order valence-corrected chi connectivity index (χ4v) is 2.20. The highest BCUT2D eigenvalue weighted by atomic mass is 16.5. The molecule has 0 spiro atoms. The second-order valence-corrected chi connectivity index (χ2v) is 4.68. The highest BCUT2D eigenvalue weighted by Crippen LogP contribution is 2.33. The summed E-state index contributed by atoms with van der Waals surface area (Å²) in [4.78, 5) is 14.7. The summed E-state index contributed by atoms with van der Waals surface area (Å²) in [5, 5.41) is 12.8. The molecule has 2 aromatic carbocycles. The smallest absolute Gasteiger partial charge is 0.138 e. The number of benzene rings is 2. The number of ether oxygens (including phenoxy) is 2. The number of hydrogen-bond acceptors (Lipinski definition) is 6. The standard InChI is InChI=1S/C17H11N3O3/c1-22-17-9-15-14(8-11(17)10-18)16(6-7-19-15)23-13-4-2-12(20-21)3-5-13/h2-9H,1H3. The maximum Gasteiger partial charge on any atom is 0.138 e. The van der Waals surface area contributed by atoms with Gasteiger partial charge in [-0.05, 0) is 41.6 Å². The molecule has 0 fully saturated rings. The van der Waals surface area contributed by atoms with Gasteiger partial charge < -0.3 is 9.47 Å². The summed E-state index contributed by atoms with van der Waals surface area (Å²) in [6.45, 7) is 0. The molecule has 0 saturated carbocycles. The van der Waals surface area contributed by atoms with Crippen LogP contribution in [0.25, 0.3) is 10.9 Å². The number of nitriles is 1. The number of nitrogens with zero attached hydrogens (tertiary/aromatic N) is 3. The van der Waals surface area contributed by atoms with Crippen molar-refractivity contribution in [3.63, 3.8) is 0 Å². The van der Waals surface area contributed by atoms with Crippen molar-refractivity contribution in [1.29, 1.82) is 5.26 Å². The minimum Gasteiger partial charge on any atom is -0.495 e. The number of hydrogen-bond donors (Lipinski definition) is 0. The topological polar surface area (TPSA) is 84.6 Å². The average molecular weight is 305 g/mol. The molecule has 0 amide bonds. The van der Waals surface area contributed by atoms with Crippen LogP contribution in [0.3, 0.4) is 0 Å². The van der Waals surface area contributed by atoms with E-state index in [0.717, 1.165) is 0 Å². The Bertz CT molecular complexity index is 915. The van der Waals surface area contributed by atoms with E-state index in [9.17, 15) is 10.2 Å². The van der Waals surface area contributed by atoms with E-state index in [-0.39, 0.29) is 0 Å². The molecular formula is C17H11N3O3. The van der Waals surface area contributed by atoms with Gasteiger partial charge in [-0.2, -0.15) is 5.26 Å². The first kappa shape index (κ1) is 14.5. The first-order valence-electron chi connectivity index (χ1n) is 6.73. The van der Waals surface area contributed by atoms with Crippen LogP contribution in [0.2, 0.25) is 0 Å². The Kier molecular flexibility index (Phi) is 3.85. The van der Waals surface area contributed by atoms with E-state index >= 15 is 0 Å². The summed E-state index contributed by atoms with van der Waals surface area (Å²) < 4.78 is 11.0. The van der Waals surface area contributed by atoms with Gasteiger partial charge in [0.1, 0.15) is 29.0 Å². The van der Waals surface area contributed by atoms with Crippen LogP contribution in [0.1, 0.15) is 5.56 Å². The Labute approximate surface area is 131 Å². The summed E-state index contributed by atoms with van der Waals surface area (Å²) in [5.74, 6) is 1.58. The van der Waals surface area contributed by atoms with Gasteiger partial charge in [-0.1, -0.05) is 0 Å². The van der Waals surface area contributed by atoms with Crippen LogP contribution in [0, 0.1) is 16.2 Å². The van der Waals surface area contributed by atoms with E-state index in [4.69, 9.17) is 9.47 Å². The van der Waals surface area contributed by atoms with Crippen molar-refractivity contribution in [2.45, 2.75) is 0 Å². The van der Waals surface area contributed by atoms with Crippen LogP contribution in [-0.4, -0.2) is 12.1 Å². The SMILES string of the molecule is COc1cc2nccc(Oc3ccc(N=O)cc3)c2cc1C#N. The number of methoxy groups -OCH3 is 1. The molecule has 0 unspecified atom stereocenters. The Morgan fingerprint density at radius 2 is 1.91 bits per heavy atom. The first-order chi connectivity index (χ1) is 11.2. The molecule has 0 radical (unpaired) electrons. The largest absolute Gasteiger partial charge is 0.495 e. The predicted octanol–water partition coefficient (Wildman–Crippen LogP) is 4.31. The van der Waals surface area contributed by atoms with E-state index < -0.39 is 0 Å². The molecule has 1 heterocycles. The Balaban J connectivity index is 2.06. The number of fused-ring (bicyclic) bond motifs is 1. The van der Waals surface area contributed by atoms with Crippen molar-refractivity contribution in [2.75, 3.05) is 7.11 Å². The summed E-state index contributed by atoms with van der Waals surface area (Å²) in [5.41, 5.74) is 1.39. The van der Waals surface area contributed by atoms with E-state index in [1.807, 2.05) is 0 Å². The zero-order valence-electron chi connectivity index (χ0n) is 12.2. The fraction of sp³-hybridized carbons (Fsp3) is 0.0588. The second-order valence-electron chi connectivity index (χ2n) is 4.68. The number of rotatable bonds is 4. The number of pyridine rings is 1. The predicted molar refractivity (Wildman–Crippen MR) is 85.0 cm³/mol. The summed E-state index contributed by atoms with van der Waals surface area (Å²) >= 11 is 0. The van der Waals surface area contributed by atoms with Crippen LogP contribution < -0.4 is 9.47 Å². The number of aromatic nitrogens is 1. The molecule has 0 atom stereocenters. The molecule has 3 rings (SSSR count). The average Bonchev–Trinajstić information content (AvgIpc) is 2.61. The van der Waals surface area contributed by atoms with Gasteiger partial charge in [0.25, 0.3) is 0 Å². The molecule has 0 aliphatic rings. The van der Waals surface area contributed by atoms with Crippen LogP contribution >= 0.6 is 0 Å². The third kappa shape index (κ3) is 2.80. The van der Waals surface area contributed by atoms with Crippen molar-refractivity contribution in [3.05, 3.63) is 59.1 Å². The lowest BCUT2D eigenvalue weighted by Crippen LogP contribution is -1.92. The third-order valence-electron chi connectivity index (χ3n) is 3.31. The van der Waals surface area contributed by atoms with Gasteiger partial charge in [0.2, 0.25) is 0 Å². The van der Waals surface area contributed by atoms with Crippen molar-refractivity contribution >= 4 is 16.6 Å². The van der Waals surface area contributed by atoms with Crippen molar-refractivity contribution < 1.29 is 9.47 Å². The molecule has 0 N–H and O–H groups in total. The van der Waals surface area contributed by atoms with Gasteiger partial charge in [0, 0.05) is 17.6 Å². The van der Waals surface area contributed by atoms with Crippen molar-refractivity contribution in [2.24, 2.45) is 5.18 Å². The Morgan fingerprint density at radius 3 is 2.57 bits per heavy atom. The monoisotopic (exact) mass is 305 g/mol. The third-order valence-corrected chi connectivity index (χ3v) is 3.31. The molecule has 23 heavy (non-hydrogen) atoms. The fourth-order valence-electron chi connectivity index (χ4n) is 2.20. The van der Waals surface area contributed by atoms with Crippen LogP contribution in [0.15, 0.2) is 53.8 Å². The highest BCUT2D eigenvalue weighted by molar-refractivity contribution is 5.88. The van der Waals surface area contributed by atoms with Gasteiger partial charge in [0.15, 0.2) is 0 Å². The lowest BCUT2D eigenvalue weighted by Gasteiger charge is -2.10. The molecule has 1 aromatic heterocycles. The molecule has 0 aliphatic heterocycles. The van der Waals surface area contributed by atoms with Gasteiger partial charge in [-0.15, -0.1) is 4.91 Å². The van der Waals surface area contributed by atoms with Crippen LogP contribution in [0.4, 0.5) is 5.69 Å². The summed E-state index contributed by atoms with van der Waals surface area (Å²) in [7, 11) is 1.50. The zero-order chi connectivity index (χ0) is 16.2. The van der Waals surface area contributed by atoms with Crippen molar-refractivity contribution in [3.8, 4) is 23.3 Å². The molecular weight excluding hydrogens is 294 g/mol. The van der Waals surface area contributed by atoms with Gasteiger partial charge >= 0.3 is 0 Å². The molecule has 6 heteroatoms. The van der Waals surface area contributed by atoms with E-state index in [1.165, 1.54) is 7.11 Å². The van der Waals surface area contributed by atoms with Crippen molar-refractivity contribution in [1.82, 2.24) is 4.98 Å². The molecule has 112 valence electrons. The number of nitroso groups, excluding NO2 is 1. The maximum atomic E-state index is 10.4. The summed E-state index contributed by atoms with van der Waals surface area (Å²) in [6, 6.07) is 13.6. The zero-order valence-corrected chi connectivity index (χ0v) is 12.2. The minimum absolute atomic E-state index is 0.327. The lowest BCUT2D eigenvalue weighted by molar-refractivity contribution is 0.414. The minimum atomic E-state index is 0.327. The molecule has 6 nitrogen and oxygen atoms in total. The summed E-state index contributed by atoms with van der Waals surface area (Å²) in [6.07, 6.45) is 1.62. The molecule has 0 saturated heterocycles. The van der Waals surface area contributed by atoms with Gasteiger partial charge in [-0.25, -0.2) is 0 Å². The highest BCUT2D eigenvalue weighted by Gasteiger charge is 2.10. The van der Waals surface area contributed by atoms with Crippen LogP contribution in [0.5, 0.6) is 17.2 Å². The second kappa shape index (κ2) is 6.12. The molecule has 3 aromatic rings. The molecule has 0 bridgehead atoms. The first-order valence-corrected chi connectivity index (χ1v) is 6.73. The Hall–Kier alpha value is -3.46. The maximum absolute atomic E-state index is 10.4. The van der Waals surface area contributed by atoms with E-state index in [0.29, 0.717) is 39.4 Å². The quantitative estimate of drug-likeness (QED) is 0.671. The van der Waals surface area contributed by atoms with Gasteiger partial charge in [-0.3, -0.25) is 4.98 Å². The van der Waals surface area contributed by atoms with Crippen LogP contribution in [-0.2, 0) is 0 Å². The molecule has 0 aliphatic carbocycles. The Morgan fingerprint density at radius 1 is 1.13 bits per heavy atom.